The number of nitrogens with zero attached hydrogens (tertiary/aromatic N) is 5. The van der Waals surface area contributed by atoms with Crippen LogP contribution < -0.4 is 10.2 Å². The van der Waals surface area contributed by atoms with Gasteiger partial charge in [0, 0.05) is 19.8 Å². The molecule has 2 heterocycles. The quantitative estimate of drug-likeness (QED) is 0.795. The Morgan fingerprint density at radius 2 is 2.08 bits per heavy atom. The summed E-state index contributed by atoms with van der Waals surface area (Å²) in [7, 11) is 3.66. The number of hydrogen-bond acceptors (Lipinski definition) is 5. The number of amides is 1. The molecule has 0 radical (unpaired) electrons. The third-order valence-electron chi connectivity index (χ3n) is 3.92. The minimum atomic E-state index is -0.0955. The van der Waals surface area contributed by atoms with E-state index >= 15 is 0 Å². The van der Waals surface area contributed by atoms with Gasteiger partial charge in [0.1, 0.15) is 12.1 Å². The molecule has 3 rings (SSSR count). The largest absolute Gasteiger partial charge is 0.350 e. The molecule has 0 fully saturated rings. The monoisotopic (exact) mass is 324 g/mol. The summed E-state index contributed by atoms with van der Waals surface area (Å²) in [5.74, 6) is 0.589. The van der Waals surface area contributed by atoms with Crippen LogP contribution in [0.2, 0.25) is 0 Å². The average molecular weight is 324 g/mol. The Balaban J connectivity index is 1.77. The van der Waals surface area contributed by atoms with E-state index in [0.29, 0.717) is 5.82 Å². The molecule has 1 aromatic carbocycles. The molecule has 0 aliphatic carbocycles. The summed E-state index contributed by atoms with van der Waals surface area (Å²) in [5.41, 5.74) is 3.72. The Bertz CT molecular complexity index is 901. The van der Waals surface area contributed by atoms with Crippen LogP contribution in [0.15, 0.2) is 30.7 Å². The van der Waals surface area contributed by atoms with Gasteiger partial charge in [-0.25, -0.2) is 9.97 Å². The van der Waals surface area contributed by atoms with Crippen molar-refractivity contribution in [2.24, 2.45) is 7.05 Å². The van der Waals surface area contributed by atoms with E-state index in [1.165, 1.54) is 6.33 Å². The first-order chi connectivity index (χ1) is 11.5. The number of likely N-dealkylation sites (N-methyl/N-ethyl adjacent to an activating group) is 1. The average Bonchev–Trinajstić information content (AvgIpc) is 2.92. The van der Waals surface area contributed by atoms with Crippen molar-refractivity contribution in [3.63, 3.8) is 0 Å². The number of aryl methyl sites for hydroxylation is 3. The molecule has 3 aromatic rings. The molecule has 0 aliphatic rings. The van der Waals surface area contributed by atoms with E-state index in [2.05, 4.69) is 20.4 Å². The third kappa shape index (κ3) is 3.05. The van der Waals surface area contributed by atoms with E-state index in [1.807, 2.05) is 46.1 Å². The summed E-state index contributed by atoms with van der Waals surface area (Å²) in [6.45, 7) is 4.16. The maximum absolute atomic E-state index is 12.4. The van der Waals surface area contributed by atoms with Gasteiger partial charge in [-0.05, 0) is 31.0 Å². The van der Waals surface area contributed by atoms with Gasteiger partial charge < -0.3 is 10.2 Å². The van der Waals surface area contributed by atoms with Crippen molar-refractivity contribution in [2.75, 3.05) is 23.8 Å². The van der Waals surface area contributed by atoms with Gasteiger partial charge in [-0.2, -0.15) is 5.10 Å². The summed E-state index contributed by atoms with van der Waals surface area (Å²) in [5, 5.41) is 7.98. The number of carbonyl (C=O) groups excluding carboxylic acids is 1. The predicted octanol–water partition coefficient (Wildman–Crippen LogP) is 2.06. The second-order valence-electron chi connectivity index (χ2n) is 5.93. The van der Waals surface area contributed by atoms with Crippen LogP contribution in [0.3, 0.4) is 0 Å². The predicted molar refractivity (Wildman–Crippen MR) is 94.1 cm³/mol. The zero-order chi connectivity index (χ0) is 17.3. The molecule has 0 saturated carbocycles. The lowest BCUT2D eigenvalue weighted by molar-refractivity contribution is -0.114. The molecule has 2 aromatic heterocycles. The van der Waals surface area contributed by atoms with Gasteiger partial charge in [0.15, 0.2) is 5.65 Å². The van der Waals surface area contributed by atoms with Crippen LogP contribution in [0, 0.1) is 13.8 Å². The number of nitrogens with one attached hydrogen (secondary N) is 1. The third-order valence-corrected chi connectivity index (χ3v) is 3.92. The maximum atomic E-state index is 12.4. The molecule has 1 N–H and O–H groups in total. The standard InChI is InChI=1S/C17H20N6O/c1-11-5-6-12(2)14(7-11)21-15(24)9-22(3)16-13-8-20-23(4)17(13)19-10-18-16/h5-8,10H,9H2,1-4H3,(H,21,24). The summed E-state index contributed by atoms with van der Waals surface area (Å²) in [6.07, 6.45) is 3.20. The first-order valence-corrected chi connectivity index (χ1v) is 7.66. The van der Waals surface area contributed by atoms with E-state index in [4.69, 9.17) is 0 Å². The fraction of sp³-hybridized carbons (Fsp3) is 0.294. The molecule has 0 unspecified atom stereocenters. The molecular weight excluding hydrogens is 304 g/mol. The molecule has 0 atom stereocenters. The molecule has 7 nitrogen and oxygen atoms in total. The number of rotatable bonds is 4. The van der Waals surface area contributed by atoms with E-state index in [-0.39, 0.29) is 12.5 Å². The Morgan fingerprint density at radius 1 is 1.29 bits per heavy atom. The number of aromatic nitrogens is 4. The highest BCUT2D eigenvalue weighted by molar-refractivity contribution is 5.96. The first kappa shape index (κ1) is 15.9. The molecule has 0 aliphatic heterocycles. The Hall–Kier alpha value is -2.96. The van der Waals surface area contributed by atoms with Crippen LogP contribution in [0.5, 0.6) is 0 Å². The highest BCUT2D eigenvalue weighted by atomic mass is 16.2. The second-order valence-corrected chi connectivity index (χ2v) is 5.93. The lowest BCUT2D eigenvalue weighted by Gasteiger charge is -2.18. The minimum Gasteiger partial charge on any atom is -0.350 e. The Kier molecular flexibility index (Phi) is 4.16. The van der Waals surface area contributed by atoms with Crippen LogP contribution in [-0.4, -0.2) is 39.2 Å². The van der Waals surface area contributed by atoms with Crippen molar-refractivity contribution in [3.8, 4) is 0 Å². The number of hydrogen-bond donors (Lipinski definition) is 1. The van der Waals surface area contributed by atoms with E-state index in [0.717, 1.165) is 27.8 Å². The van der Waals surface area contributed by atoms with Crippen molar-refractivity contribution in [1.82, 2.24) is 19.7 Å². The van der Waals surface area contributed by atoms with Crippen LogP contribution >= 0.6 is 0 Å². The van der Waals surface area contributed by atoms with Crippen LogP contribution in [-0.2, 0) is 11.8 Å². The molecule has 7 heteroatoms. The first-order valence-electron chi connectivity index (χ1n) is 7.66. The van der Waals surface area contributed by atoms with E-state index < -0.39 is 0 Å². The smallest absolute Gasteiger partial charge is 0.243 e. The van der Waals surface area contributed by atoms with Gasteiger partial charge in [-0.1, -0.05) is 12.1 Å². The molecular formula is C17H20N6O. The molecule has 1 amide bonds. The van der Waals surface area contributed by atoms with Crippen LogP contribution in [0.4, 0.5) is 11.5 Å². The highest BCUT2D eigenvalue weighted by Crippen LogP contribution is 2.21. The number of benzene rings is 1. The van der Waals surface area contributed by atoms with E-state index in [1.54, 1.807) is 15.8 Å². The zero-order valence-electron chi connectivity index (χ0n) is 14.2. The number of carbonyl (C=O) groups is 1. The Labute approximate surface area is 140 Å². The minimum absolute atomic E-state index is 0.0955. The van der Waals surface area contributed by atoms with Crippen molar-refractivity contribution in [2.45, 2.75) is 13.8 Å². The summed E-state index contributed by atoms with van der Waals surface area (Å²) >= 11 is 0. The summed E-state index contributed by atoms with van der Waals surface area (Å²) in [4.78, 5) is 22.7. The maximum Gasteiger partial charge on any atom is 0.243 e. The molecule has 24 heavy (non-hydrogen) atoms. The van der Waals surface area contributed by atoms with Gasteiger partial charge >= 0.3 is 0 Å². The van der Waals surface area contributed by atoms with Crippen LogP contribution in [0.25, 0.3) is 11.0 Å². The van der Waals surface area contributed by atoms with Gasteiger partial charge in [0.2, 0.25) is 5.91 Å². The number of anilines is 2. The zero-order valence-corrected chi connectivity index (χ0v) is 14.2. The SMILES string of the molecule is Cc1ccc(C)c(NC(=O)CN(C)c2ncnc3c2cnn3C)c1. The Morgan fingerprint density at radius 3 is 2.88 bits per heavy atom. The second kappa shape index (κ2) is 6.27. The van der Waals surface area contributed by atoms with Gasteiger partial charge in [-0.3, -0.25) is 9.48 Å². The van der Waals surface area contributed by atoms with Crippen molar-refractivity contribution >= 4 is 28.4 Å². The molecule has 0 spiro atoms. The lowest BCUT2D eigenvalue weighted by atomic mass is 10.1. The van der Waals surface area contributed by atoms with E-state index in [9.17, 15) is 4.79 Å². The fourth-order valence-electron chi connectivity index (χ4n) is 2.60. The van der Waals surface area contributed by atoms with Gasteiger partial charge in [0.25, 0.3) is 0 Å². The fourth-order valence-corrected chi connectivity index (χ4v) is 2.60. The van der Waals surface area contributed by atoms with Gasteiger partial charge in [-0.15, -0.1) is 0 Å². The van der Waals surface area contributed by atoms with Crippen molar-refractivity contribution in [1.29, 1.82) is 0 Å². The van der Waals surface area contributed by atoms with Crippen molar-refractivity contribution in [3.05, 3.63) is 41.9 Å². The lowest BCUT2D eigenvalue weighted by Crippen LogP contribution is -2.31. The summed E-state index contributed by atoms with van der Waals surface area (Å²) < 4.78 is 1.69. The van der Waals surface area contributed by atoms with Crippen LogP contribution in [0.1, 0.15) is 11.1 Å². The molecule has 0 saturated heterocycles. The number of fused-ring (bicyclic) bond motifs is 1. The van der Waals surface area contributed by atoms with Crippen molar-refractivity contribution < 1.29 is 4.79 Å². The molecule has 0 bridgehead atoms. The molecule has 124 valence electrons. The van der Waals surface area contributed by atoms with Gasteiger partial charge in [0.05, 0.1) is 18.1 Å². The normalized spacial score (nSPS) is 10.8. The summed E-state index contributed by atoms with van der Waals surface area (Å²) in [6, 6.07) is 5.99. The topological polar surface area (TPSA) is 75.9 Å². The highest BCUT2D eigenvalue weighted by Gasteiger charge is 2.15.